The van der Waals surface area contributed by atoms with Gasteiger partial charge in [0.2, 0.25) is 11.7 Å². The minimum absolute atomic E-state index is 0.528. The summed E-state index contributed by atoms with van der Waals surface area (Å²) in [6.45, 7) is 1.87. The van der Waals surface area contributed by atoms with Gasteiger partial charge in [0, 0.05) is 17.3 Å². The molecule has 0 aliphatic rings. The normalized spacial score (nSPS) is 10.9. The van der Waals surface area contributed by atoms with Crippen molar-refractivity contribution < 1.29 is 4.52 Å². The average molecular weight is 351 g/mol. The SMILES string of the molecule is Cc1nccc(-c2ccc(-c3noc(CSc4ncn[nH]4)n3)cc2)n1. The number of nitrogens with one attached hydrogen (secondary N) is 1. The lowest BCUT2D eigenvalue weighted by molar-refractivity contribution is 0.391. The van der Waals surface area contributed by atoms with E-state index in [1.54, 1.807) is 6.20 Å². The van der Waals surface area contributed by atoms with Crippen molar-refractivity contribution in [2.75, 3.05) is 0 Å². The number of thioether (sulfide) groups is 1. The van der Waals surface area contributed by atoms with Gasteiger partial charge in [-0.25, -0.2) is 15.0 Å². The lowest BCUT2D eigenvalue weighted by Gasteiger charge is -2.02. The Balaban J connectivity index is 1.48. The molecule has 4 aromatic rings. The van der Waals surface area contributed by atoms with Crippen LogP contribution in [0.5, 0.6) is 0 Å². The zero-order valence-electron chi connectivity index (χ0n) is 13.2. The number of aryl methyl sites for hydroxylation is 1. The molecule has 3 heterocycles. The van der Waals surface area contributed by atoms with Crippen LogP contribution in [-0.4, -0.2) is 35.3 Å². The van der Waals surface area contributed by atoms with E-state index in [0.29, 0.717) is 22.6 Å². The first-order valence-electron chi connectivity index (χ1n) is 7.49. The maximum absolute atomic E-state index is 5.28. The van der Waals surface area contributed by atoms with Gasteiger partial charge in [-0.05, 0) is 13.0 Å². The third-order valence-electron chi connectivity index (χ3n) is 3.41. The first-order valence-corrected chi connectivity index (χ1v) is 8.48. The van der Waals surface area contributed by atoms with Crippen molar-refractivity contribution in [1.29, 1.82) is 0 Å². The van der Waals surface area contributed by atoms with Gasteiger partial charge in [0.25, 0.3) is 0 Å². The van der Waals surface area contributed by atoms with E-state index >= 15 is 0 Å². The van der Waals surface area contributed by atoms with E-state index in [9.17, 15) is 0 Å². The molecular weight excluding hydrogens is 338 g/mol. The van der Waals surface area contributed by atoms with Gasteiger partial charge < -0.3 is 4.52 Å². The molecule has 0 radical (unpaired) electrons. The van der Waals surface area contributed by atoms with Crippen molar-refractivity contribution >= 4 is 11.8 Å². The Bertz CT molecular complexity index is 966. The lowest BCUT2D eigenvalue weighted by Crippen LogP contribution is -1.90. The molecule has 0 aliphatic carbocycles. The van der Waals surface area contributed by atoms with Crippen molar-refractivity contribution in [1.82, 2.24) is 35.3 Å². The van der Waals surface area contributed by atoms with Gasteiger partial charge in [-0.1, -0.05) is 41.2 Å². The molecule has 0 unspecified atom stereocenters. The highest BCUT2D eigenvalue weighted by molar-refractivity contribution is 7.98. The number of H-pyrrole nitrogens is 1. The number of hydrogen-bond acceptors (Lipinski definition) is 8. The predicted molar refractivity (Wildman–Crippen MR) is 91.4 cm³/mol. The van der Waals surface area contributed by atoms with Crippen LogP contribution in [-0.2, 0) is 5.75 Å². The van der Waals surface area contributed by atoms with E-state index in [4.69, 9.17) is 4.52 Å². The van der Waals surface area contributed by atoms with Gasteiger partial charge in [0.05, 0.1) is 11.4 Å². The predicted octanol–water partition coefficient (Wildman–Crippen LogP) is 2.91. The second-order valence-electron chi connectivity index (χ2n) is 5.16. The summed E-state index contributed by atoms with van der Waals surface area (Å²) in [5.74, 6) is 2.36. The number of aromatic amines is 1. The number of hydrogen-bond donors (Lipinski definition) is 1. The summed E-state index contributed by atoms with van der Waals surface area (Å²) in [4.78, 5) is 17.0. The maximum atomic E-state index is 5.28. The molecule has 0 bridgehead atoms. The Kier molecular flexibility index (Phi) is 4.21. The molecule has 0 aliphatic heterocycles. The highest BCUT2D eigenvalue weighted by Gasteiger charge is 2.10. The summed E-state index contributed by atoms with van der Waals surface area (Å²) in [6.07, 6.45) is 3.21. The van der Waals surface area contributed by atoms with E-state index in [-0.39, 0.29) is 0 Å². The van der Waals surface area contributed by atoms with Crippen molar-refractivity contribution in [3.8, 4) is 22.6 Å². The second-order valence-corrected chi connectivity index (χ2v) is 6.12. The minimum atomic E-state index is 0.528. The average Bonchev–Trinajstić information content (AvgIpc) is 3.32. The van der Waals surface area contributed by atoms with Gasteiger partial charge in [-0.2, -0.15) is 10.1 Å². The van der Waals surface area contributed by atoms with E-state index in [1.807, 2.05) is 37.3 Å². The molecule has 25 heavy (non-hydrogen) atoms. The smallest absolute Gasteiger partial charge is 0.237 e. The fourth-order valence-electron chi connectivity index (χ4n) is 2.23. The monoisotopic (exact) mass is 351 g/mol. The Morgan fingerprint density at radius 3 is 2.64 bits per heavy atom. The second kappa shape index (κ2) is 6.81. The first kappa shape index (κ1) is 15.5. The molecular formula is C16H13N7OS. The molecule has 3 aromatic heterocycles. The molecule has 124 valence electrons. The molecule has 1 aromatic carbocycles. The third-order valence-corrected chi connectivity index (χ3v) is 4.27. The van der Waals surface area contributed by atoms with Gasteiger partial charge in [-0.15, -0.1) is 0 Å². The van der Waals surface area contributed by atoms with Crippen LogP contribution in [0.4, 0.5) is 0 Å². The molecule has 0 spiro atoms. The summed E-state index contributed by atoms with van der Waals surface area (Å²) in [6, 6.07) is 9.75. The first-order chi connectivity index (χ1) is 12.3. The van der Waals surface area contributed by atoms with Crippen LogP contribution in [0.15, 0.2) is 52.5 Å². The van der Waals surface area contributed by atoms with Crippen LogP contribution in [0, 0.1) is 6.92 Å². The molecule has 0 fully saturated rings. The molecule has 9 heteroatoms. The number of aromatic nitrogens is 7. The van der Waals surface area contributed by atoms with Gasteiger partial charge in [-0.3, -0.25) is 5.10 Å². The zero-order valence-corrected chi connectivity index (χ0v) is 14.1. The Hall–Kier alpha value is -3.07. The fraction of sp³-hybridized carbons (Fsp3) is 0.125. The summed E-state index contributed by atoms with van der Waals surface area (Å²) >= 11 is 1.45. The molecule has 4 rings (SSSR count). The standard InChI is InChI=1S/C16H13N7OS/c1-10-17-7-6-13(20-10)11-2-4-12(5-3-11)15-21-14(24-23-15)8-25-16-18-9-19-22-16/h2-7,9H,8H2,1H3,(H,18,19,22). The quantitative estimate of drug-likeness (QED) is 0.547. The Morgan fingerprint density at radius 1 is 1.04 bits per heavy atom. The Labute approximate surface area is 147 Å². The molecule has 0 saturated carbocycles. The van der Waals surface area contributed by atoms with Crippen LogP contribution in [0.1, 0.15) is 11.7 Å². The number of benzene rings is 1. The van der Waals surface area contributed by atoms with Crippen LogP contribution in [0.25, 0.3) is 22.6 Å². The molecule has 1 N–H and O–H groups in total. The largest absolute Gasteiger partial charge is 0.338 e. The lowest BCUT2D eigenvalue weighted by atomic mass is 10.1. The van der Waals surface area contributed by atoms with E-state index < -0.39 is 0 Å². The summed E-state index contributed by atoms with van der Waals surface area (Å²) in [7, 11) is 0. The van der Waals surface area contributed by atoms with E-state index in [0.717, 1.165) is 22.6 Å². The highest BCUT2D eigenvalue weighted by Crippen LogP contribution is 2.23. The zero-order chi connectivity index (χ0) is 17.1. The summed E-state index contributed by atoms with van der Waals surface area (Å²) < 4.78 is 5.28. The molecule has 0 atom stereocenters. The van der Waals surface area contributed by atoms with Crippen LogP contribution in [0.2, 0.25) is 0 Å². The van der Waals surface area contributed by atoms with Crippen LogP contribution < -0.4 is 0 Å². The summed E-state index contributed by atoms with van der Waals surface area (Å²) in [5, 5.41) is 11.3. The van der Waals surface area contributed by atoms with Crippen LogP contribution in [0.3, 0.4) is 0 Å². The maximum Gasteiger partial charge on any atom is 0.237 e. The van der Waals surface area contributed by atoms with Gasteiger partial charge in [0.1, 0.15) is 12.2 Å². The molecule has 8 nitrogen and oxygen atoms in total. The Morgan fingerprint density at radius 2 is 1.88 bits per heavy atom. The van der Waals surface area contributed by atoms with Gasteiger partial charge in [0.15, 0.2) is 5.16 Å². The van der Waals surface area contributed by atoms with Gasteiger partial charge >= 0.3 is 0 Å². The topological polar surface area (TPSA) is 106 Å². The van der Waals surface area contributed by atoms with E-state index in [1.165, 1.54) is 18.1 Å². The highest BCUT2D eigenvalue weighted by atomic mass is 32.2. The van der Waals surface area contributed by atoms with Crippen molar-refractivity contribution in [3.63, 3.8) is 0 Å². The summed E-state index contributed by atoms with van der Waals surface area (Å²) in [5.41, 5.74) is 2.78. The van der Waals surface area contributed by atoms with E-state index in [2.05, 4.69) is 35.3 Å². The number of rotatable bonds is 5. The third kappa shape index (κ3) is 3.56. The molecule has 0 saturated heterocycles. The van der Waals surface area contributed by atoms with Crippen molar-refractivity contribution in [2.45, 2.75) is 17.8 Å². The van der Waals surface area contributed by atoms with Crippen LogP contribution >= 0.6 is 11.8 Å². The molecule has 0 amide bonds. The fourth-order valence-corrected chi connectivity index (χ4v) is 2.85. The van der Waals surface area contributed by atoms with Crippen molar-refractivity contribution in [3.05, 3.63) is 54.6 Å². The van der Waals surface area contributed by atoms with Crippen molar-refractivity contribution in [2.24, 2.45) is 0 Å². The number of nitrogens with zero attached hydrogens (tertiary/aromatic N) is 6. The minimum Gasteiger partial charge on any atom is -0.338 e.